The topological polar surface area (TPSA) is 59.0 Å². The SMILES string of the molecule is Cc1nn(-c2ccccc2)c(C)c1CC(=O)NCc1ccc2c(c1)CNC2.Cl. The molecule has 0 spiro atoms. The third kappa shape index (κ3) is 4.11. The Bertz CT molecular complexity index is 982. The number of carbonyl (C=O) groups excluding carboxylic acids is 1. The third-order valence-electron chi connectivity index (χ3n) is 5.17. The fraction of sp³-hybridized carbons (Fsp3) is 0.273. The highest BCUT2D eigenvalue weighted by Gasteiger charge is 2.16. The zero-order valence-electron chi connectivity index (χ0n) is 16.2. The maximum Gasteiger partial charge on any atom is 0.224 e. The average Bonchev–Trinajstić information content (AvgIpc) is 3.26. The van der Waals surface area contributed by atoms with Crippen LogP contribution in [0.1, 0.15) is 33.6 Å². The minimum Gasteiger partial charge on any atom is -0.352 e. The number of aryl methyl sites for hydroxylation is 1. The molecule has 0 fully saturated rings. The van der Waals surface area contributed by atoms with Crippen LogP contribution >= 0.6 is 12.4 Å². The minimum atomic E-state index is 0. The zero-order valence-corrected chi connectivity index (χ0v) is 17.0. The molecule has 0 bridgehead atoms. The van der Waals surface area contributed by atoms with Gasteiger partial charge in [-0.2, -0.15) is 5.10 Å². The number of halogens is 1. The molecule has 28 heavy (non-hydrogen) atoms. The van der Waals surface area contributed by atoms with Gasteiger partial charge in [-0.15, -0.1) is 12.4 Å². The molecular weight excluding hydrogens is 372 g/mol. The standard InChI is InChI=1S/C22H24N4O.ClH/c1-15-21(16(2)26(25-15)20-6-4-3-5-7-20)11-22(27)24-12-17-8-9-18-13-23-14-19(18)10-17;/h3-10,23H,11-14H2,1-2H3,(H,24,27);1H. The number of aromatic nitrogens is 2. The monoisotopic (exact) mass is 396 g/mol. The number of fused-ring (bicyclic) bond motifs is 1. The number of amides is 1. The van der Waals surface area contributed by atoms with Crippen LogP contribution in [-0.2, 0) is 30.8 Å². The highest BCUT2D eigenvalue weighted by atomic mass is 35.5. The number of benzene rings is 2. The van der Waals surface area contributed by atoms with E-state index in [0.29, 0.717) is 13.0 Å². The number of hydrogen-bond acceptors (Lipinski definition) is 3. The summed E-state index contributed by atoms with van der Waals surface area (Å²) < 4.78 is 1.91. The maximum atomic E-state index is 12.5. The van der Waals surface area contributed by atoms with E-state index < -0.39 is 0 Å². The molecule has 1 aliphatic rings. The van der Waals surface area contributed by atoms with E-state index >= 15 is 0 Å². The molecule has 0 unspecified atom stereocenters. The Kier molecular flexibility index (Phi) is 6.17. The van der Waals surface area contributed by atoms with Crippen LogP contribution < -0.4 is 10.6 Å². The van der Waals surface area contributed by atoms with E-state index in [2.05, 4.69) is 33.9 Å². The van der Waals surface area contributed by atoms with Gasteiger partial charge in [0.1, 0.15) is 0 Å². The molecule has 6 heteroatoms. The van der Waals surface area contributed by atoms with Crippen molar-refractivity contribution in [3.05, 3.63) is 82.2 Å². The maximum absolute atomic E-state index is 12.5. The summed E-state index contributed by atoms with van der Waals surface area (Å²) in [4.78, 5) is 12.5. The van der Waals surface area contributed by atoms with Crippen LogP contribution in [0.15, 0.2) is 48.5 Å². The van der Waals surface area contributed by atoms with Gasteiger partial charge in [0.2, 0.25) is 5.91 Å². The normalized spacial score (nSPS) is 12.4. The molecule has 2 N–H and O–H groups in total. The summed E-state index contributed by atoms with van der Waals surface area (Å²) >= 11 is 0. The molecule has 2 heterocycles. The van der Waals surface area contributed by atoms with E-state index in [1.54, 1.807) is 0 Å². The predicted molar refractivity (Wildman–Crippen MR) is 113 cm³/mol. The number of rotatable bonds is 5. The first-order chi connectivity index (χ1) is 13.1. The second-order valence-corrected chi connectivity index (χ2v) is 7.06. The van der Waals surface area contributed by atoms with E-state index in [9.17, 15) is 4.79 Å². The molecule has 4 rings (SSSR count). The predicted octanol–water partition coefficient (Wildman–Crippen LogP) is 3.37. The first kappa shape index (κ1) is 20.1. The Morgan fingerprint density at radius 1 is 1.11 bits per heavy atom. The van der Waals surface area contributed by atoms with Gasteiger partial charge in [-0.05, 0) is 42.7 Å². The molecule has 1 aliphatic heterocycles. The summed E-state index contributed by atoms with van der Waals surface area (Å²) in [5.41, 5.74) is 7.74. The molecule has 0 radical (unpaired) electrons. The van der Waals surface area contributed by atoms with Crippen LogP contribution in [-0.4, -0.2) is 15.7 Å². The largest absolute Gasteiger partial charge is 0.352 e. The van der Waals surface area contributed by atoms with Crippen molar-refractivity contribution >= 4 is 18.3 Å². The van der Waals surface area contributed by atoms with Gasteiger partial charge in [-0.1, -0.05) is 36.4 Å². The Morgan fingerprint density at radius 3 is 2.64 bits per heavy atom. The number of para-hydroxylation sites is 1. The fourth-order valence-electron chi connectivity index (χ4n) is 3.63. The summed E-state index contributed by atoms with van der Waals surface area (Å²) in [5.74, 6) is 0.0208. The molecule has 0 atom stereocenters. The quantitative estimate of drug-likeness (QED) is 0.695. The Labute approximate surface area is 171 Å². The fourth-order valence-corrected chi connectivity index (χ4v) is 3.63. The summed E-state index contributed by atoms with van der Waals surface area (Å²) in [6.45, 7) is 6.38. The van der Waals surface area contributed by atoms with Crippen molar-refractivity contribution in [3.8, 4) is 5.69 Å². The van der Waals surface area contributed by atoms with Crippen LogP contribution in [0.25, 0.3) is 5.69 Å². The van der Waals surface area contributed by atoms with Crippen LogP contribution in [0, 0.1) is 13.8 Å². The van der Waals surface area contributed by atoms with Crippen molar-refractivity contribution in [1.29, 1.82) is 0 Å². The van der Waals surface area contributed by atoms with E-state index in [1.165, 1.54) is 11.1 Å². The molecule has 1 aromatic heterocycles. The van der Waals surface area contributed by atoms with Crippen molar-refractivity contribution in [2.24, 2.45) is 0 Å². The molecular formula is C22H25ClN4O. The lowest BCUT2D eigenvalue weighted by atomic mass is 10.1. The van der Waals surface area contributed by atoms with Crippen molar-refractivity contribution in [2.75, 3.05) is 0 Å². The van der Waals surface area contributed by atoms with Gasteiger partial charge >= 0.3 is 0 Å². The number of nitrogens with zero attached hydrogens (tertiary/aromatic N) is 2. The van der Waals surface area contributed by atoms with Crippen molar-refractivity contribution in [1.82, 2.24) is 20.4 Å². The summed E-state index contributed by atoms with van der Waals surface area (Å²) in [6.07, 6.45) is 0.344. The number of carbonyl (C=O) groups is 1. The van der Waals surface area contributed by atoms with Crippen LogP contribution in [0.3, 0.4) is 0 Å². The van der Waals surface area contributed by atoms with Gasteiger partial charge < -0.3 is 10.6 Å². The molecule has 1 amide bonds. The van der Waals surface area contributed by atoms with Gasteiger partial charge in [0, 0.05) is 30.9 Å². The summed E-state index contributed by atoms with van der Waals surface area (Å²) in [5, 5.41) is 11.0. The van der Waals surface area contributed by atoms with E-state index in [4.69, 9.17) is 0 Å². The van der Waals surface area contributed by atoms with E-state index in [-0.39, 0.29) is 18.3 Å². The van der Waals surface area contributed by atoms with E-state index in [1.807, 2.05) is 48.9 Å². The van der Waals surface area contributed by atoms with Crippen LogP contribution in [0.5, 0.6) is 0 Å². The molecule has 146 valence electrons. The van der Waals surface area contributed by atoms with Crippen molar-refractivity contribution in [3.63, 3.8) is 0 Å². The Balaban J connectivity index is 0.00000225. The Hall–Kier alpha value is -2.63. The van der Waals surface area contributed by atoms with E-state index in [0.717, 1.165) is 41.3 Å². The molecule has 2 aromatic carbocycles. The first-order valence-corrected chi connectivity index (χ1v) is 9.30. The zero-order chi connectivity index (χ0) is 18.8. The second-order valence-electron chi connectivity index (χ2n) is 7.06. The van der Waals surface area contributed by atoms with Gasteiger partial charge in [0.05, 0.1) is 17.8 Å². The number of hydrogen-bond donors (Lipinski definition) is 2. The summed E-state index contributed by atoms with van der Waals surface area (Å²) in [6, 6.07) is 16.4. The highest BCUT2D eigenvalue weighted by Crippen LogP contribution is 2.19. The molecule has 0 aliphatic carbocycles. The lowest BCUT2D eigenvalue weighted by Crippen LogP contribution is -2.25. The van der Waals surface area contributed by atoms with Gasteiger partial charge in [0.25, 0.3) is 0 Å². The van der Waals surface area contributed by atoms with Crippen LogP contribution in [0.4, 0.5) is 0 Å². The first-order valence-electron chi connectivity index (χ1n) is 9.30. The number of nitrogens with one attached hydrogen (secondary N) is 2. The van der Waals surface area contributed by atoms with Crippen molar-refractivity contribution < 1.29 is 4.79 Å². The minimum absolute atomic E-state index is 0. The summed E-state index contributed by atoms with van der Waals surface area (Å²) in [7, 11) is 0. The average molecular weight is 397 g/mol. The Morgan fingerprint density at radius 2 is 1.86 bits per heavy atom. The van der Waals surface area contributed by atoms with Gasteiger partial charge in [-0.3, -0.25) is 4.79 Å². The lowest BCUT2D eigenvalue weighted by Gasteiger charge is -2.08. The van der Waals surface area contributed by atoms with Gasteiger partial charge in [0.15, 0.2) is 0 Å². The lowest BCUT2D eigenvalue weighted by molar-refractivity contribution is -0.120. The third-order valence-corrected chi connectivity index (χ3v) is 5.17. The molecule has 5 nitrogen and oxygen atoms in total. The molecule has 0 saturated heterocycles. The van der Waals surface area contributed by atoms with Gasteiger partial charge in [-0.25, -0.2) is 4.68 Å². The van der Waals surface area contributed by atoms with Crippen molar-refractivity contribution in [2.45, 2.75) is 39.9 Å². The highest BCUT2D eigenvalue weighted by molar-refractivity contribution is 5.85. The van der Waals surface area contributed by atoms with Crippen LogP contribution in [0.2, 0.25) is 0 Å². The molecule has 0 saturated carbocycles. The smallest absolute Gasteiger partial charge is 0.224 e. The molecule has 3 aromatic rings. The second kappa shape index (κ2) is 8.59.